The van der Waals surface area contributed by atoms with Gasteiger partial charge in [-0.3, -0.25) is 0 Å². The summed E-state index contributed by atoms with van der Waals surface area (Å²) in [6, 6.07) is 3.69. The maximum atomic E-state index is 11.1. The molecule has 90 valence electrons. The van der Waals surface area contributed by atoms with Gasteiger partial charge in [0.15, 0.2) is 5.69 Å². The monoisotopic (exact) mass is 232 g/mol. The number of rotatable bonds is 2. The molecule has 0 bridgehead atoms. The molecule has 2 unspecified atom stereocenters. The van der Waals surface area contributed by atoms with E-state index in [0.29, 0.717) is 0 Å². The molecule has 0 amide bonds. The van der Waals surface area contributed by atoms with Gasteiger partial charge < -0.3 is 10.0 Å². The first kappa shape index (κ1) is 10.6. The maximum Gasteiger partial charge on any atom is 0.356 e. The highest BCUT2D eigenvalue weighted by Gasteiger charge is 2.37. The van der Waals surface area contributed by atoms with Crippen molar-refractivity contribution < 1.29 is 9.90 Å². The second-order valence-electron chi connectivity index (χ2n) is 5.03. The molecule has 0 aromatic carbocycles. The van der Waals surface area contributed by atoms with Crippen molar-refractivity contribution in [1.29, 1.82) is 0 Å². The highest BCUT2D eigenvalue weighted by atomic mass is 16.4. The number of pyridine rings is 1. The lowest BCUT2D eigenvalue weighted by Crippen LogP contribution is -2.23. The standard InChI is InChI=1S/C13H16N2O2/c16-13(17)12-11(5-2-6-14-12)15-7-9-3-1-4-10(9)8-15/h2,5-6,9-10H,1,3-4,7-8H2,(H,16,17). The topological polar surface area (TPSA) is 53.4 Å². The maximum absolute atomic E-state index is 11.1. The molecule has 2 aliphatic rings. The zero-order valence-corrected chi connectivity index (χ0v) is 9.67. The van der Waals surface area contributed by atoms with E-state index in [1.165, 1.54) is 19.3 Å². The van der Waals surface area contributed by atoms with E-state index >= 15 is 0 Å². The molecular weight excluding hydrogens is 216 g/mol. The van der Waals surface area contributed by atoms with Crippen LogP contribution in [0, 0.1) is 11.8 Å². The quantitative estimate of drug-likeness (QED) is 0.847. The molecule has 1 aromatic heterocycles. The number of carbonyl (C=O) groups is 1. The fourth-order valence-corrected chi connectivity index (χ4v) is 3.25. The van der Waals surface area contributed by atoms with Gasteiger partial charge in [-0.25, -0.2) is 9.78 Å². The summed E-state index contributed by atoms with van der Waals surface area (Å²) in [5.41, 5.74) is 0.974. The van der Waals surface area contributed by atoms with Gasteiger partial charge in [-0.15, -0.1) is 0 Å². The lowest BCUT2D eigenvalue weighted by Gasteiger charge is -2.20. The Bertz CT molecular complexity index is 435. The lowest BCUT2D eigenvalue weighted by molar-refractivity contribution is 0.0691. The summed E-state index contributed by atoms with van der Waals surface area (Å²) in [7, 11) is 0. The molecule has 0 spiro atoms. The summed E-state index contributed by atoms with van der Waals surface area (Å²) >= 11 is 0. The molecule has 1 saturated heterocycles. The Kier molecular flexibility index (Phi) is 2.50. The van der Waals surface area contributed by atoms with Crippen molar-refractivity contribution in [3.63, 3.8) is 0 Å². The van der Waals surface area contributed by atoms with Crippen LogP contribution in [0.1, 0.15) is 29.8 Å². The molecule has 1 aliphatic heterocycles. The van der Waals surface area contributed by atoms with Gasteiger partial charge in [0.2, 0.25) is 0 Å². The van der Waals surface area contributed by atoms with Gasteiger partial charge >= 0.3 is 5.97 Å². The van der Waals surface area contributed by atoms with Crippen molar-refractivity contribution in [1.82, 2.24) is 4.98 Å². The van der Waals surface area contributed by atoms with Gasteiger partial charge in [0.1, 0.15) is 0 Å². The van der Waals surface area contributed by atoms with Crippen LogP contribution in [0.5, 0.6) is 0 Å². The second kappa shape index (κ2) is 4.02. The smallest absolute Gasteiger partial charge is 0.356 e. The van der Waals surface area contributed by atoms with E-state index in [4.69, 9.17) is 5.11 Å². The average molecular weight is 232 g/mol. The minimum Gasteiger partial charge on any atom is -0.476 e. The number of anilines is 1. The van der Waals surface area contributed by atoms with Crippen molar-refractivity contribution in [3.05, 3.63) is 24.0 Å². The van der Waals surface area contributed by atoms with Gasteiger partial charge in [0.05, 0.1) is 5.69 Å². The van der Waals surface area contributed by atoms with E-state index in [-0.39, 0.29) is 5.69 Å². The Morgan fingerprint density at radius 1 is 1.35 bits per heavy atom. The third-order valence-electron chi connectivity index (χ3n) is 4.06. The number of nitrogens with zero attached hydrogens (tertiary/aromatic N) is 2. The van der Waals surface area contributed by atoms with Crippen molar-refractivity contribution in [2.45, 2.75) is 19.3 Å². The third kappa shape index (κ3) is 1.77. The second-order valence-corrected chi connectivity index (χ2v) is 5.03. The Balaban J connectivity index is 1.88. The summed E-state index contributed by atoms with van der Waals surface area (Å²) in [6.07, 6.45) is 5.47. The van der Waals surface area contributed by atoms with Crippen LogP contribution in [0.3, 0.4) is 0 Å². The fourth-order valence-electron chi connectivity index (χ4n) is 3.25. The summed E-state index contributed by atoms with van der Waals surface area (Å²) in [4.78, 5) is 17.3. The Hall–Kier alpha value is -1.58. The van der Waals surface area contributed by atoms with Crippen molar-refractivity contribution >= 4 is 11.7 Å². The van der Waals surface area contributed by atoms with Gasteiger partial charge in [0.25, 0.3) is 0 Å². The summed E-state index contributed by atoms with van der Waals surface area (Å²) < 4.78 is 0. The first-order valence-corrected chi connectivity index (χ1v) is 6.19. The average Bonchev–Trinajstić information content (AvgIpc) is 2.88. The van der Waals surface area contributed by atoms with Crippen LogP contribution in [0.25, 0.3) is 0 Å². The predicted molar refractivity (Wildman–Crippen MR) is 64.2 cm³/mol. The zero-order valence-electron chi connectivity index (χ0n) is 9.67. The van der Waals surface area contributed by atoms with E-state index in [0.717, 1.165) is 30.6 Å². The number of carboxylic acids is 1. The van der Waals surface area contributed by atoms with Crippen molar-refractivity contribution in [2.75, 3.05) is 18.0 Å². The Labute approximate surface area is 100 Å². The largest absolute Gasteiger partial charge is 0.476 e. The molecule has 1 aliphatic carbocycles. The van der Waals surface area contributed by atoms with E-state index < -0.39 is 5.97 Å². The number of aromatic carboxylic acids is 1. The molecular formula is C13H16N2O2. The Morgan fingerprint density at radius 2 is 2.06 bits per heavy atom. The molecule has 2 fully saturated rings. The van der Waals surface area contributed by atoms with E-state index in [1.54, 1.807) is 6.20 Å². The molecule has 1 N–H and O–H groups in total. The van der Waals surface area contributed by atoms with Gasteiger partial charge in [-0.1, -0.05) is 6.42 Å². The number of aromatic nitrogens is 1. The molecule has 3 rings (SSSR count). The molecule has 0 radical (unpaired) electrons. The summed E-state index contributed by atoms with van der Waals surface area (Å²) in [6.45, 7) is 1.99. The SMILES string of the molecule is O=C(O)c1ncccc1N1CC2CCCC2C1. The van der Waals surface area contributed by atoms with Crippen LogP contribution in [-0.4, -0.2) is 29.1 Å². The number of fused-ring (bicyclic) bond motifs is 1. The minimum absolute atomic E-state index is 0.187. The lowest BCUT2D eigenvalue weighted by atomic mass is 10.0. The molecule has 2 heterocycles. The predicted octanol–water partition coefficient (Wildman–Crippen LogP) is 2.02. The van der Waals surface area contributed by atoms with Crippen LogP contribution in [0.2, 0.25) is 0 Å². The van der Waals surface area contributed by atoms with Crippen LogP contribution in [-0.2, 0) is 0 Å². The summed E-state index contributed by atoms with van der Waals surface area (Å²) in [5, 5.41) is 9.14. The number of carboxylic acid groups (broad SMARTS) is 1. The highest BCUT2D eigenvalue weighted by Crippen LogP contribution is 2.39. The van der Waals surface area contributed by atoms with Gasteiger partial charge in [-0.05, 0) is 36.8 Å². The third-order valence-corrected chi connectivity index (χ3v) is 4.06. The van der Waals surface area contributed by atoms with E-state index in [1.807, 2.05) is 12.1 Å². The molecule has 4 heteroatoms. The first-order valence-electron chi connectivity index (χ1n) is 6.19. The van der Waals surface area contributed by atoms with Crippen LogP contribution < -0.4 is 4.90 Å². The van der Waals surface area contributed by atoms with Crippen LogP contribution >= 0.6 is 0 Å². The molecule has 1 aromatic rings. The molecule has 4 nitrogen and oxygen atoms in total. The van der Waals surface area contributed by atoms with E-state index in [2.05, 4.69) is 9.88 Å². The molecule has 1 saturated carbocycles. The normalized spacial score (nSPS) is 27.2. The summed E-state index contributed by atoms with van der Waals surface area (Å²) in [5.74, 6) is 0.589. The zero-order chi connectivity index (χ0) is 11.8. The highest BCUT2D eigenvalue weighted by molar-refractivity contribution is 5.92. The number of hydrogen-bond acceptors (Lipinski definition) is 3. The van der Waals surface area contributed by atoms with E-state index in [9.17, 15) is 4.79 Å². The van der Waals surface area contributed by atoms with Crippen molar-refractivity contribution in [3.8, 4) is 0 Å². The molecule has 2 atom stereocenters. The first-order chi connectivity index (χ1) is 8.25. The number of hydrogen-bond donors (Lipinski definition) is 1. The fraction of sp³-hybridized carbons (Fsp3) is 0.538. The Morgan fingerprint density at radius 3 is 2.71 bits per heavy atom. The molecule has 17 heavy (non-hydrogen) atoms. The van der Waals surface area contributed by atoms with Crippen LogP contribution in [0.4, 0.5) is 5.69 Å². The van der Waals surface area contributed by atoms with Gasteiger partial charge in [0, 0.05) is 19.3 Å². The minimum atomic E-state index is -0.933. The van der Waals surface area contributed by atoms with Crippen LogP contribution in [0.15, 0.2) is 18.3 Å². The van der Waals surface area contributed by atoms with Gasteiger partial charge in [-0.2, -0.15) is 0 Å². The van der Waals surface area contributed by atoms with Crippen molar-refractivity contribution in [2.24, 2.45) is 11.8 Å².